The van der Waals surface area contributed by atoms with Crippen LogP contribution in [0.25, 0.3) is 10.9 Å². The van der Waals surface area contributed by atoms with Gasteiger partial charge in [-0.2, -0.15) is 0 Å². The normalized spacial score (nSPS) is 19.9. The standard InChI is InChI=1S/C94H137IN24O21/c1-4-5-21-68(107-80(123)55-115-38-33-64(34-39-115)105-86(133)69(108-88(135)70(31-32-81(124)125)106-77(120)26-15-19-60-27-29-63(95)30-28-60)23-11-13-36-101-79(122)54-116-40-42-117(56-82(126)127)44-46-119(58-84(130)131)47-45-118(43-41-116)57-83(128)129)87(134)110-72-51-78(121)100-35-14-12-24-75(85(96)132)113(2)93(140)74(49-62-52-103-67-22-10-9-20-66(62)67)112-91(138)76(25-16-37-102-94(97)98)114(3)92(139)73(48-61-17-7-6-8-18-61)111-89(136)71(109-90(72)137)50-65-53-99-59-104-65/h6-10,17-18,20,22,27-30,52-53,59,64,68-76,103H,4-5,11-16,19,21,23-26,31-51,54-58H2,1-3H3,(H2,96,132)(H,99,104)(H,100,121)(H,101,122)(H,105,133)(H,106,120)(H,107,123)(H,108,135)(H,109,137)(H,110,134)(H,111,136)(H,112,138)(H,124,125)(H,126,127)(H,128,129)(H,130,131)(H4,97,98,102)/t68-,69-,70-,71-,72-,73+,74-,75-,76-/m0/s1. The van der Waals surface area contributed by atoms with Crippen LogP contribution in [0.3, 0.4) is 0 Å². The fourth-order valence-corrected chi connectivity index (χ4v) is 17.4. The van der Waals surface area contributed by atoms with Crippen LogP contribution in [0.1, 0.15) is 145 Å². The number of rotatable bonds is 44. The van der Waals surface area contributed by atoms with Crippen LogP contribution in [0.5, 0.6) is 0 Å². The topological polar surface area (TPSA) is 646 Å². The molecule has 0 bridgehead atoms. The van der Waals surface area contributed by atoms with Crippen molar-refractivity contribution in [3.05, 3.63) is 124 Å². The molecule has 5 heterocycles. The molecule has 9 atom stereocenters. The summed E-state index contributed by atoms with van der Waals surface area (Å²) in [4.78, 5) is 258. The zero-order chi connectivity index (χ0) is 102. The highest BCUT2D eigenvalue weighted by atomic mass is 127. The van der Waals surface area contributed by atoms with Crippen molar-refractivity contribution < 1.29 is 102 Å². The number of aliphatic carboxylic acids is 4. The summed E-state index contributed by atoms with van der Waals surface area (Å²) >= 11 is 2.18. The van der Waals surface area contributed by atoms with Gasteiger partial charge in [-0.25, -0.2) is 4.98 Å². The molecular formula is C94H137IN24O21. The summed E-state index contributed by atoms with van der Waals surface area (Å²) in [6.45, 7) is 2.30. The third-order valence-electron chi connectivity index (χ3n) is 24.8. The predicted molar refractivity (Wildman–Crippen MR) is 523 cm³/mol. The van der Waals surface area contributed by atoms with Crippen LogP contribution in [0.4, 0.5) is 0 Å². The average molecular weight is 2070 g/mol. The quantitative estimate of drug-likeness (QED) is 0.00906. The van der Waals surface area contributed by atoms with Gasteiger partial charge in [0.1, 0.15) is 54.4 Å². The molecule has 3 aromatic carbocycles. The molecule has 3 fully saturated rings. The molecule has 0 saturated carbocycles. The number of carbonyl (C=O) groups is 17. The maximum absolute atomic E-state index is 15.5. The number of aromatic amines is 2. The van der Waals surface area contributed by atoms with E-state index in [1.54, 1.807) is 61.0 Å². The number of carboxylic acids is 4. The number of para-hydroxylation sites is 1. The first-order chi connectivity index (χ1) is 67.0. The lowest BCUT2D eigenvalue weighted by atomic mass is 10.00. The lowest BCUT2D eigenvalue weighted by Gasteiger charge is -2.34. The number of amides is 13. The summed E-state index contributed by atoms with van der Waals surface area (Å²) in [5.74, 6) is -14.8. The van der Waals surface area contributed by atoms with Crippen molar-refractivity contribution in [1.82, 2.24) is 108 Å². The number of halogens is 1. The van der Waals surface area contributed by atoms with Crippen molar-refractivity contribution in [3.8, 4) is 0 Å². The molecule has 0 aliphatic carbocycles. The minimum atomic E-state index is -1.77. The molecule has 3 saturated heterocycles. The van der Waals surface area contributed by atoms with E-state index in [1.807, 2.05) is 55.5 Å². The van der Waals surface area contributed by atoms with Gasteiger partial charge in [0, 0.05) is 170 Å². The van der Waals surface area contributed by atoms with Crippen LogP contribution in [-0.4, -0.2) is 369 Å². The van der Waals surface area contributed by atoms with E-state index in [4.69, 9.17) is 16.9 Å². The van der Waals surface area contributed by atoms with Crippen molar-refractivity contribution in [1.29, 1.82) is 5.41 Å². The predicted octanol–water partition coefficient (Wildman–Crippen LogP) is -1.57. The monoisotopic (exact) mass is 2060 g/mol. The Morgan fingerprint density at radius 1 is 0.521 bits per heavy atom. The molecule has 22 N–H and O–H groups in total. The maximum Gasteiger partial charge on any atom is 0.317 e. The van der Waals surface area contributed by atoms with Gasteiger partial charge in [-0.1, -0.05) is 80.4 Å². The highest BCUT2D eigenvalue weighted by Gasteiger charge is 2.41. The van der Waals surface area contributed by atoms with Crippen LogP contribution >= 0.6 is 22.6 Å². The maximum atomic E-state index is 15.5. The number of primary amides is 1. The molecule has 5 aromatic rings. The molecule has 46 heteroatoms. The number of aryl methyl sites for hydroxylation is 1. The van der Waals surface area contributed by atoms with Gasteiger partial charge in [-0.15, -0.1) is 0 Å². The Labute approximate surface area is 826 Å². The van der Waals surface area contributed by atoms with Gasteiger partial charge >= 0.3 is 23.9 Å². The van der Waals surface area contributed by atoms with Gasteiger partial charge in [0.15, 0.2) is 5.96 Å². The number of benzene rings is 3. The summed E-state index contributed by atoms with van der Waals surface area (Å²) in [5.41, 5.74) is 14.9. The van der Waals surface area contributed by atoms with Crippen molar-refractivity contribution in [2.24, 2.45) is 11.5 Å². The summed E-state index contributed by atoms with van der Waals surface area (Å²) in [5, 5.41) is 78.2. The average Bonchev–Trinajstić information content (AvgIpc) is 1.56. The van der Waals surface area contributed by atoms with Crippen molar-refractivity contribution in [3.63, 3.8) is 0 Å². The van der Waals surface area contributed by atoms with Crippen molar-refractivity contribution in [2.75, 3.05) is 132 Å². The number of nitrogens with two attached hydrogens (primary N) is 2. The number of fused-ring (bicyclic) bond motifs is 1. The number of nitrogens with one attached hydrogen (secondary N) is 14. The molecular weight excluding hydrogens is 1930 g/mol. The van der Waals surface area contributed by atoms with Crippen LogP contribution in [0, 0.1) is 8.98 Å². The number of hydrogen-bond acceptors (Lipinski definition) is 24. The number of H-pyrrole nitrogens is 2. The number of piperidine rings is 1. The van der Waals surface area contributed by atoms with E-state index in [9.17, 15) is 78.0 Å². The van der Waals surface area contributed by atoms with Gasteiger partial charge in [0.05, 0.1) is 45.5 Å². The Hall–Kier alpha value is -12.8. The summed E-state index contributed by atoms with van der Waals surface area (Å²) in [6.07, 6.45) is 5.55. The van der Waals surface area contributed by atoms with Crippen LogP contribution in [0.2, 0.25) is 0 Å². The number of likely N-dealkylation sites (N-methyl/N-ethyl adjacent to an activating group) is 2. The second kappa shape index (κ2) is 58.9. The van der Waals surface area contributed by atoms with Gasteiger partial charge < -0.3 is 110 Å². The van der Waals surface area contributed by atoms with Crippen LogP contribution in [-0.2, 0) is 107 Å². The van der Waals surface area contributed by atoms with E-state index in [0.29, 0.717) is 42.5 Å². The highest BCUT2D eigenvalue weighted by molar-refractivity contribution is 14.1. The SMILES string of the molecule is CCCC[C@H](NC(=O)CN1CCC(NC(=O)[C@H](CCCCNC(=O)CN2CCN(CC(=O)O)CCN(CC(=O)O)CCN(CC(=O)O)CC2)NC(=O)[C@H](CCC(=O)O)NC(=O)CCCc2ccc(I)cc2)CC1)C(=O)N[C@H]1CC(=O)NCCCC[C@@H](C(N)=O)N(C)C(=O)[C@H](Cc2c[nH]c3ccccc23)NC(=O)[C@H](CCCNC(=N)N)N(C)C(=O)[C@@H](Cc2ccccc2)NC(=O)[C@H](Cc2cnc[nH]2)NC1=O. The number of likely N-dealkylation sites (tertiary alicyclic amines) is 1. The molecule has 3 aliphatic heterocycles. The molecule has 140 heavy (non-hydrogen) atoms. The van der Waals surface area contributed by atoms with Gasteiger partial charge in [-0.05, 0) is 147 Å². The Morgan fingerprint density at radius 3 is 1.69 bits per heavy atom. The van der Waals surface area contributed by atoms with E-state index < -0.39 is 174 Å². The first-order valence-electron chi connectivity index (χ1n) is 47.6. The lowest BCUT2D eigenvalue weighted by molar-refractivity contribution is -0.145. The number of aromatic nitrogens is 3. The van der Waals surface area contributed by atoms with E-state index in [2.05, 4.69) is 96.0 Å². The van der Waals surface area contributed by atoms with E-state index in [1.165, 1.54) is 26.6 Å². The summed E-state index contributed by atoms with van der Waals surface area (Å²) < 4.78 is 1.02. The number of unbranched alkanes of at least 4 members (excludes halogenated alkanes) is 2. The number of carboxylic acid groups (broad SMARTS) is 4. The van der Waals surface area contributed by atoms with Crippen molar-refractivity contribution in [2.45, 2.75) is 209 Å². The first-order valence-corrected chi connectivity index (χ1v) is 48.7. The number of guanidine groups is 1. The fraction of sp³-hybridized carbons (Fsp3) is 0.564. The molecule has 0 spiro atoms. The third kappa shape index (κ3) is 39.8. The number of imidazole rings is 1. The van der Waals surface area contributed by atoms with Gasteiger partial charge in [0.25, 0.3) is 0 Å². The molecule has 0 radical (unpaired) electrons. The zero-order valence-electron chi connectivity index (χ0n) is 79.6. The van der Waals surface area contributed by atoms with Gasteiger partial charge in [-0.3, -0.25) is 111 Å². The molecule has 0 unspecified atom stereocenters. The smallest absolute Gasteiger partial charge is 0.317 e. The number of nitrogens with zero attached hydrogens (tertiary/aromatic N) is 8. The van der Waals surface area contributed by atoms with Crippen LogP contribution in [0.15, 0.2) is 97.6 Å². The van der Waals surface area contributed by atoms with Crippen molar-refractivity contribution >= 4 is 140 Å². The molecule has 3 aliphatic rings. The zero-order valence-corrected chi connectivity index (χ0v) is 81.8. The summed E-state index contributed by atoms with van der Waals surface area (Å²) in [6, 6.07) is 10.2. The van der Waals surface area contributed by atoms with E-state index in [0.717, 1.165) is 29.8 Å². The summed E-state index contributed by atoms with van der Waals surface area (Å²) in [7, 11) is 2.73. The second-order valence-corrected chi connectivity index (χ2v) is 36.9. The fourth-order valence-electron chi connectivity index (χ4n) is 17.0. The lowest BCUT2D eigenvalue weighted by Crippen LogP contribution is -2.61. The Kier molecular flexibility index (Phi) is 47.4. The number of hydrogen-bond donors (Lipinski definition) is 20. The Balaban J connectivity index is 0.977. The third-order valence-corrected chi connectivity index (χ3v) is 25.6. The second-order valence-electron chi connectivity index (χ2n) is 35.7. The number of carbonyl (C=O) groups excluding carboxylic acids is 13. The van der Waals surface area contributed by atoms with Gasteiger partial charge in [0.2, 0.25) is 76.8 Å². The molecule has 13 amide bonds. The minimum absolute atomic E-state index is 0.00846. The van der Waals surface area contributed by atoms with E-state index in [-0.39, 0.29) is 226 Å². The largest absolute Gasteiger partial charge is 0.481 e. The molecule has 8 rings (SSSR count). The minimum Gasteiger partial charge on any atom is -0.481 e. The van der Waals surface area contributed by atoms with E-state index >= 15 is 24.0 Å². The molecule has 45 nitrogen and oxygen atoms in total. The molecule has 2 aromatic heterocycles. The highest BCUT2D eigenvalue weighted by Crippen LogP contribution is 2.24. The molecule has 766 valence electrons. The van der Waals surface area contributed by atoms with Crippen LogP contribution < -0.4 is 70.0 Å². The Morgan fingerprint density at radius 2 is 1.08 bits per heavy atom. The Bertz CT molecular complexity index is 4940. The first kappa shape index (κ1) is 112.